The highest BCUT2D eigenvalue weighted by Crippen LogP contribution is 2.36. The maximum atomic E-state index is 4.51. The van der Waals surface area contributed by atoms with Crippen molar-refractivity contribution >= 4 is 33.6 Å². The summed E-state index contributed by atoms with van der Waals surface area (Å²) in [5.74, 6) is 1.57. The smallest absolute Gasteiger partial charge is 0.191 e. The minimum Gasteiger partial charge on any atom is -0.363 e. The topological polar surface area (TPSA) is 42.9 Å². The van der Waals surface area contributed by atoms with Gasteiger partial charge in [-0.2, -0.15) is 0 Å². The first-order valence-corrected chi connectivity index (χ1v) is 12.5. The Labute approximate surface area is 182 Å². The van der Waals surface area contributed by atoms with E-state index in [2.05, 4.69) is 67.5 Å². The number of hydrogen-bond donors (Lipinski definition) is 2. The summed E-state index contributed by atoms with van der Waals surface area (Å²) in [5, 5.41) is 13.1. The highest BCUT2D eigenvalue weighted by atomic mass is 32.1. The van der Waals surface area contributed by atoms with Gasteiger partial charge in [-0.05, 0) is 74.2 Å². The molecule has 2 aromatic heterocycles. The summed E-state index contributed by atoms with van der Waals surface area (Å²) in [4.78, 5) is 11.0. The van der Waals surface area contributed by atoms with Crippen LogP contribution in [0.1, 0.15) is 36.6 Å². The Hall–Kier alpha value is -1.57. The van der Waals surface area contributed by atoms with Crippen molar-refractivity contribution in [2.24, 2.45) is 10.9 Å². The molecule has 158 valence electrons. The number of rotatable bonds is 5. The number of aliphatic imine (C=N–C) groups is 1. The maximum Gasteiger partial charge on any atom is 0.191 e. The van der Waals surface area contributed by atoms with Gasteiger partial charge in [0, 0.05) is 43.6 Å². The first-order chi connectivity index (χ1) is 14.2. The molecule has 2 saturated heterocycles. The van der Waals surface area contributed by atoms with Crippen molar-refractivity contribution in [3.63, 3.8) is 0 Å². The average Bonchev–Trinajstić information content (AvgIpc) is 3.46. The monoisotopic (exact) mass is 431 g/mol. The zero-order valence-electron chi connectivity index (χ0n) is 17.5. The van der Waals surface area contributed by atoms with Gasteiger partial charge < -0.3 is 15.5 Å². The van der Waals surface area contributed by atoms with Crippen LogP contribution in [0, 0.1) is 5.92 Å². The van der Waals surface area contributed by atoms with E-state index in [-0.39, 0.29) is 0 Å². The minimum absolute atomic E-state index is 0.500. The summed E-state index contributed by atoms with van der Waals surface area (Å²) < 4.78 is 0. The van der Waals surface area contributed by atoms with E-state index in [1.807, 2.05) is 29.7 Å². The lowest BCUT2D eigenvalue weighted by molar-refractivity contribution is 0.125. The van der Waals surface area contributed by atoms with Gasteiger partial charge in [-0.1, -0.05) is 6.07 Å². The lowest BCUT2D eigenvalue weighted by atomic mass is 9.88. The molecule has 2 atom stereocenters. The lowest BCUT2D eigenvalue weighted by Crippen LogP contribution is -2.50. The molecular weight excluding hydrogens is 398 g/mol. The molecule has 0 spiro atoms. The normalized spacial score (nSPS) is 24.6. The molecule has 5 nitrogen and oxygen atoms in total. The minimum atomic E-state index is 0.500. The number of hydrogen-bond acceptors (Lipinski definition) is 5. The van der Waals surface area contributed by atoms with Crippen LogP contribution in [-0.4, -0.2) is 57.2 Å². The summed E-state index contributed by atoms with van der Waals surface area (Å²) in [6, 6.07) is 9.85. The van der Waals surface area contributed by atoms with E-state index < -0.39 is 0 Å². The molecular formula is C22H33N5S2. The number of anilines is 1. The van der Waals surface area contributed by atoms with E-state index in [1.54, 1.807) is 0 Å². The molecule has 0 aromatic carbocycles. The third-order valence-electron chi connectivity index (χ3n) is 6.25. The molecule has 2 aromatic rings. The molecule has 0 saturated carbocycles. The molecule has 4 heterocycles. The van der Waals surface area contributed by atoms with Gasteiger partial charge in [-0.25, -0.2) is 0 Å². The zero-order valence-corrected chi connectivity index (χ0v) is 19.1. The molecule has 29 heavy (non-hydrogen) atoms. The predicted molar refractivity (Wildman–Crippen MR) is 126 cm³/mol. The second kappa shape index (κ2) is 9.96. The summed E-state index contributed by atoms with van der Waals surface area (Å²) in [6.45, 7) is 4.39. The third-order valence-corrected chi connectivity index (χ3v) is 8.12. The van der Waals surface area contributed by atoms with Crippen LogP contribution in [0.25, 0.3) is 0 Å². The van der Waals surface area contributed by atoms with Crippen LogP contribution in [0.15, 0.2) is 40.0 Å². The van der Waals surface area contributed by atoms with E-state index >= 15 is 0 Å². The van der Waals surface area contributed by atoms with Crippen molar-refractivity contribution in [2.75, 3.05) is 45.2 Å². The number of guanidine groups is 1. The van der Waals surface area contributed by atoms with Gasteiger partial charge in [0.25, 0.3) is 0 Å². The van der Waals surface area contributed by atoms with Crippen molar-refractivity contribution in [2.45, 2.75) is 37.8 Å². The van der Waals surface area contributed by atoms with Gasteiger partial charge in [0.2, 0.25) is 0 Å². The Morgan fingerprint density at radius 2 is 1.90 bits per heavy atom. The van der Waals surface area contributed by atoms with E-state index in [9.17, 15) is 0 Å². The molecule has 0 radical (unpaired) electrons. The Morgan fingerprint density at radius 3 is 2.59 bits per heavy atom. The van der Waals surface area contributed by atoms with Crippen LogP contribution in [-0.2, 0) is 0 Å². The van der Waals surface area contributed by atoms with E-state index in [0.717, 1.165) is 38.4 Å². The maximum absolute atomic E-state index is 4.51. The third kappa shape index (κ3) is 5.13. The Morgan fingerprint density at radius 1 is 1.10 bits per heavy atom. The highest BCUT2D eigenvalue weighted by molar-refractivity contribution is 7.14. The van der Waals surface area contributed by atoms with Gasteiger partial charge in [-0.15, -0.1) is 22.7 Å². The molecule has 2 N–H and O–H groups in total. The van der Waals surface area contributed by atoms with Gasteiger partial charge in [0.05, 0.1) is 5.00 Å². The standard InChI is InChI=1S/C22H33N5S2/c1-23-22(25-18-9-12-27(13-10-18)20-8-5-15-29-20)24-16-17-6-3-11-26(2)21(17)19-7-4-14-28-19/h4-5,7-8,14-15,17-18,21H,3,6,9-13,16H2,1-2H3,(H2,23,24,25). The fraction of sp³-hybridized carbons (Fsp3) is 0.591. The first-order valence-electron chi connectivity index (χ1n) is 10.7. The fourth-order valence-corrected chi connectivity index (χ4v) is 6.46. The van der Waals surface area contributed by atoms with Crippen LogP contribution < -0.4 is 15.5 Å². The quantitative estimate of drug-likeness (QED) is 0.554. The van der Waals surface area contributed by atoms with Crippen molar-refractivity contribution in [3.8, 4) is 0 Å². The highest BCUT2D eigenvalue weighted by Gasteiger charge is 2.31. The molecule has 0 bridgehead atoms. The molecule has 4 rings (SSSR count). The summed E-state index contributed by atoms with van der Waals surface area (Å²) in [6.07, 6.45) is 4.86. The lowest BCUT2D eigenvalue weighted by Gasteiger charge is -2.39. The zero-order chi connectivity index (χ0) is 20.1. The Balaban J connectivity index is 1.28. The van der Waals surface area contributed by atoms with E-state index in [4.69, 9.17) is 0 Å². The number of nitrogens with one attached hydrogen (secondary N) is 2. The predicted octanol–water partition coefficient (Wildman–Crippen LogP) is 4.03. The molecule has 0 amide bonds. The van der Waals surface area contributed by atoms with Crippen molar-refractivity contribution in [3.05, 3.63) is 39.9 Å². The SMILES string of the molecule is CN=C(NCC1CCCN(C)C1c1cccs1)NC1CCN(c2cccs2)CC1. The Bertz CT molecular complexity index is 750. The van der Waals surface area contributed by atoms with Gasteiger partial charge >= 0.3 is 0 Å². The molecule has 0 aliphatic carbocycles. The summed E-state index contributed by atoms with van der Waals surface area (Å²) in [7, 11) is 4.16. The number of nitrogens with zero attached hydrogens (tertiary/aromatic N) is 3. The van der Waals surface area contributed by atoms with Crippen LogP contribution in [0.2, 0.25) is 0 Å². The number of thiophene rings is 2. The largest absolute Gasteiger partial charge is 0.363 e. The van der Waals surface area contributed by atoms with Crippen molar-refractivity contribution in [1.82, 2.24) is 15.5 Å². The molecule has 2 fully saturated rings. The fourth-order valence-electron chi connectivity index (χ4n) is 4.69. The summed E-state index contributed by atoms with van der Waals surface area (Å²) >= 11 is 3.72. The second-order valence-corrected chi connectivity index (χ2v) is 10.1. The van der Waals surface area contributed by atoms with Crippen molar-refractivity contribution in [1.29, 1.82) is 0 Å². The van der Waals surface area contributed by atoms with Crippen LogP contribution >= 0.6 is 22.7 Å². The first kappa shape index (κ1) is 20.7. The second-order valence-electron chi connectivity index (χ2n) is 8.15. The van der Waals surface area contributed by atoms with Gasteiger partial charge in [0.1, 0.15) is 0 Å². The molecule has 2 unspecified atom stereocenters. The van der Waals surface area contributed by atoms with Crippen LogP contribution in [0.5, 0.6) is 0 Å². The summed E-state index contributed by atoms with van der Waals surface area (Å²) in [5.41, 5.74) is 0. The molecule has 7 heteroatoms. The van der Waals surface area contributed by atoms with Crippen LogP contribution in [0.3, 0.4) is 0 Å². The number of piperidine rings is 2. The van der Waals surface area contributed by atoms with Crippen molar-refractivity contribution < 1.29 is 0 Å². The Kier molecular flexibility index (Phi) is 7.11. The van der Waals surface area contributed by atoms with Gasteiger partial charge in [0.15, 0.2) is 5.96 Å². The van der Waals surface area contributed by atoms with E-state index in [1.165, 1.54) is 29.3 Å². The van der Waals surface area contributed by atoms with Crippen LogP contribution in [0.4, 0.5) is 5.00 Å². The number of likely N-dealkylation sites (tertiary alicyclic amines) is 1. The van der Waals surface area contributed by atoms with E-state index in [0.29, 0.717) is 18.0 Å². The molecule has 2 aliphatic rings. The average molecular weight is 432 g/mol. The van der Waals surface area contributed by atoms with Gasteiger partial charge in [-0.3, -0.25) is 9.89 Å². The molecule has 2 aliphatic heterocycles.